The number of aliphatic imine (C=N–C) groups is 1. The van der Waals surface area contributed by atoms with Crippen LogP contribution in [0.2, 0.25) is 0 Å². The van der Waals surface area contributed by atoms with Crippen LogP contribution in [0.3, 0.4) is 0 Å². The fraction of sp³-hybridized carbons (Fsp3) is 0.429. The first-order chi connectivity index (χ1) is 4.72. The third-order valence-corrected chi connectivity index (χ3v) is 0.882. The minimum absolute atomic E-state index is 0.338. The van der Waals surface area contributed by atoms with E-state index in [0.717, 1.165) is 0 Å². The summed E-state index contributed by atoms with van der Waals surface area (Å²) in [5.74, 6) is -0.338. The van der Waals surface area contributed by atoms with E-state index in [-0.39, 0.29) is 5.97 Å². The zero-order chi connectivity index (χ0) is 7.98. The maximum absolute atomic E-state index is 10.8. The highest BCUT2D eigenvalue weighted by Gasteiger charge is 2.01. The largest absolute Gasteiger partial charge is 0.463 e. The molecule has 10 heavy (non-hydrogen) atoms. The number of hydrogen-bond acceptors (Lipinski definition) is 3. The van der Waals surface area contributed by atoms with Crippen LogP contribution >= 0.6 is 0 Å². The van der Waals surface area contributed by atoms with Crippen molar-refractivity contribution in [1.29, 1.82) is 0 Å². The van der Waals surface area contributed by atoms with Gasteiger partial charge >= 0.3 is 5.97 Å². The Morgan fingerprint density at radius 1 is 1.80 bits per heavy atom. The van der Waals surface area contributed by atoms with E-state index in [9.17, 15) is 4.79 Å². The second-order valence-electron chi connectivity index (χ2n) is 1.72. The van der Waals surface area contributed by atoms with Gasteiger partial charge in [-0.15, -0.1) is 0 Å². The van der Waals surface area contributed by atoms with Crippen molar-refractivity contribution >= 4 is 12.7 Å². The lowest BCUT2D eigenvalue weighted by Crippen LogP contribution is -2.04. The first-order valence-corrected chi connectivity index (χ1v) is 3.02. The summed E-state index contributed by atoms with van der Waals surface area (Å²) >= 11 is 0. The van der Waals surface area contributed by atoms with Gasteiger partial charge in [0.2, 0.25) is 0 Å². The third kappa shape index (κ3) is 3.02. The molecule has 56 valence electrons. The summed E-state index contributed by atoms with van der Waals surface area (Å²) < 4.78 is 4.66. The van der Waals surface area contributed by atoms with Crippen LogP contribution in [0, 0.1) is 0 Å². The van der Waals surface area contributed by atoms with Crippen LogP contribution in [0.25, 0.3) is 0 Å². The van der Waals surface area contributed by atoms with Crippen molar-refractivity contribution in [3.05, 3.63) is 11.8 Å². The Bertz CT molecular complexity index is 161. The zero-order valence-electron chi connectivity index (χ0n) is 6.26. The molecule has 0 atom stereocenters. The van der Waals surface area contributed by atoms with E-state index in [4.69, 9.17) is 0 Å². The van der Waals surface area contributed by atoms with Crippen molar-refractivity contribution in [3.63, 3.8) is 0 Å². The van der Waals surface area contributed by atoms with Gasteiger partial charge in [-0.3, -0.25) is 4.99 Å². The number of ether oxygens (including phenoxy) is 1. The van der Waals surface area contributed by atoms with E-state index in [1.807, 2.05) is 0 Å². The lowest BCUT2D eigenvalue weighted by atomic mass is 10.3. The van der Waals surface area contributed by atoms with E-state index in [1.165, 1.54) is 6.20 Å². The molecule has 0 N–H and O–H groups in total. The Labute approximate surface area is 60.4 Å². The average Bonchev–Trinajstić information content (AvgIpc) is 1.89. The molecule has 0 aliphatic carbocycles. The topological polar surface area (TPSA) is 38.7 Å². The fourth-order valence-electron chi connectivity index (χ4n) is 0.435. The summed E-state index contributed by atoms with van der Waals surface area (Å²) in [5, 5.41) is 0. The van der Waals surface area contributed by atoms with Crippen molar-refractivity contribution in [2.75, 3.05) is 6.61 Å². The molecule has 0 amide bonds. The fourth-order valence-corrected chi connectivity index (χ4v) is 0.435. The van der Waals surface area contributed by atoms with E-state index in [1.54, 1.807) is 13.8 Å². The maximum Gasteiger partial charge on any atom is 0.335 e. The molecule has 0 aromatic rings. The zero-order valence-corrected chi connectivity index (χ0v) is 6.26. The van der Waals surface area contributed by atoms with Gasteiger partial charge in [-0.1, -0.05) is 0 Å². The van der Waals surface area contributed by atoms with E-state index >= 15 is 0 Å². The van der Waals surface area contributed by atoms with Crippen molar-refractivity contribution < 1.29 is 9.53 Å². The van der Waals surface area contributed by atoms with Crippen molar-refractivity contribution in [1.82, 2.24) is 0 Å². The first kappa shape index (κ1) is 8.88. The van der Waals surface area contributed by atoms with Crippen molar-refractivity contribution in [2.24, 2.45) is 4.99 Å². The van der Waals surface area contributed by atoms with Gasteiger partial charge in [-0.2, -0.15) is 0 Å². The predicted molar refractivity (Wildman–Crippen MR) is 39.9 cm³/mol. The number of carbonyl (C=O) groups is 1. The Morgan fingerprint density at radius 2 is 2.40 bits per heavy atom. The molecule has 3 nitrogen and oxygen atoms in total. The highest BCUT2D eigenvalue weighted by Crippen LogP contribution is 1.95. The highest BCUT2D eigenvalue weighted by atomic mass is 16.5. The molecule has 0 spiro atoms. The van der Waals surface area contributed by atoms with Gasteiger partial charge in [0, 0.05) is 6.20 Å². The second kappa shape index (κ2) is 4.73. The number of carbonyl (C=O) groups excluding carboxylic acids is 1. The number of nitrogens with zero attached hydrogens (tertiary/aromatic N) is 1. The smallest absolute Gasteiger partial charge is 0.335 e. The molecule has 0 heterocycles. The molecule has 0 rings (SSSR count). The highest BCUT2D eigenvalue weighted by molar-refractivity contribution is 5.87. The molecule has 0 unspecified atom stereocenters. The minimum Gasteiger partial charge on any atom is -0.463 e. The molecule has 0 aromatic heterocycles. The van der Waals surface area contributed by atoms with Gasteiger partial charge in [-0.25, -0.2) is 4.79 Å². The summed E-state index contributed by atoms with van der Waals surface area (Å²) in [6, 6.07) is 0. The molecule has 0 saturated carbocycles. The average molecular weight is 141 g/mol. The van der Waals surface area contributed by atoms with Crippen LogP contribution in [-0.2, 0) is 9.53 Å². The molecular weight excluding hydrogens is 130 g/mol. The van der Waals surface area contributed by atoms with Gasteiger partial charge in [0.1, 0.15) is 0 Å². The molecule has 0 aliphatic heterocycles. The van der Waals surface area contributed by atoms with Gasteiger partial charge in [0.05, 0.1) is 12.2 Å². The molecule has 0 aromatic carbocycles. The summed E-state index contributed by atoms with van der Waals surface area (Å²) in [6.45, 7) is 6.99. The molecule has 0 saturated heterocycles. The van der Waals surface area contributed by atoms with Crippen LogP contribution in [0.1, 0.15) is 13.8 Å². The van der Waals surface area contributed by atoms with E-state index in [0.29, 0.717) is 12.2 Å². The van der Waals surface area contributed by atoms with Crippen LogP contribution in [0.15, 0.2) is 16.8 Å². The summed E-state index contributed by atoms with van der Waals surface area (Å²) in [4.78, 5) is 14.2. The minimum atomic E-state index is -0.338. The quantitative estimate of drug-likeness (QED) is 0.336. The van der Waals surface area contributed by atoms with E-state index in [2.05, 4.69) is 16.4 Å². The summed E-state index contributed by atoms with van der Waals surface area (Å²) in [7, 11) is 0. The monoisotopic (exact) mass is 141 g/mol. The molecule has 0 bridgehead atoms. The van der Waals surface area contributed by atoms with Gasteiger partial charge in [0.25, 0.3) is 0 Å². The standard InChI is InChI=1S/C7H11NO2/c1-4-10-7(9)6(2)5-8-3/h5H,3-4H2,1-2H3. The Morgan fingerprint density at radius 3 is 2.80 bits per heavy atom. The lowest BCUT2D eigenvalue weighted by molar-refractivity contribution is -0.138. The van der Waals surface area contributed by atoms with Gasteiger partial charge in [0.15, 0.2) is 0 Å². The maximum atomic E-state index is 10.8. The normalized spacial score (nSPS) is 10.8. The van der Waals surface area contributed by atoms with Crippen molar-refractivity contribution in [2.45, 2.75) is 13.8 Å². The van der Waals surface area contributed by atoms with Crippen LogP contribution in [-0.4, -0.2) is 19.3 Å². The van der Waals surface area contributed by atoms with Gasteiger partial charge < -0.3 is 4.74 Å². The third-order valence-electron chi connectivity index (χ3n) is 0.882. The lowest BCUT2D eigenvalue weighted by Gasteiger charge is -1.98. The number of rotatable bonds is 3. The molecule has 3 heteroatoms. The first-order valence-electron chi connectivity index (χ1n) is 3.02. The Kier molecular flexibility index (Phi) is 4.20. The van der Waals surface area contributed by atoms with Crippen LogP contribution in [0.4, 0.5) is 0 Å². The molecule has 0 radical (unpaired) electrons. The van der Waals surface area contributed by atoms with Crippen molar-refractivity contribution in [3.8, 4) is 0 Å². The summed E-state index contributed by atoms with van der Waals surface area (Å²) in [5.41, 5.74) is 0.469. The molecule has 0 aliphatic rings. The molecule has 0 fully saturated rings. The van der Waals surface area contributed by atoms with E-state index < -0.39 is 0 Å². The van der Waals surface area contributed by atoms with Crippen LogP contribution in [0.5, 0.6) is 0 Å². The second-order valence-corrected chi connectivity index (χ2v) is 1.72. The number of hydrogen-bond donors (Lipinski definition) is 0. The summed E-state index contributed by atoms with van der Waals surface area (Å²) in [6.07, 6.45) is 1.37. The van der Waals surface area contributed by atoms with Gasteiger partial charge in [-0.05, 0) is 20.6 Å². The Balaban J connectivity index is 3.93. The predicted octanol–water partition coefficient (Wildman–Crippen LogP) is 1.15. The number of esters is 1. The molecular formula is C7H11NO2. The van der Waals surface area contributed by atoms with Crippen LogP contribution < -0.4 is 0 Å². The SMILES string of the molecule is C=NC=C(C)C(=O)OCC. The Hall–Kier alpha value is -1.12.